The second kappa shape index (κ2) is 12.7. The van der Waals surface area contributed by atoms with Crippen molar-refractivity contribution in [3.8, 4) is 11.5 Å². The van der Waals surface area contributed by atoms with E-state index in [1.807, 2.05) is 24.3 Å². The zero-order chi connectivity index (χ0) is 32.0. The maximum atomic E-state index is 7.15. The van der Waals surface area contributed by atoms with Crippen molar-refractivity contribution in [2.45, 2.75) is 49.0 Å². The van der Waals surface area contributed by atoms with Gasteiger partial charge in [-0.25, -0.2) is 9.34 Å². The third-order valence-electron chi connectivity index (χ3n) is 10.2. The molecule has 8 heteroatoms. The van der Waals surface area contributed by atoms with Gasteiger partial charge in [-0.15, -0.1) is 0 Å². The van der Waals surface area contributed by atoms with Gasteiger partial charge in [0.05, 0.1) is 12.1 Å². The van der Waals surface area contributed by atoms with E-state index in [9.17, 15) is 0 Å². The summed E-state index contributed by atoms with van der Waals surface area (Å²) in [6.45, 7) is 1.90. The Kier molecular flexibility index (Phi) is 8.05. The molecule has 5 aromatic rings. The average molecular weight is 673 g/mol. The van der Waals surface area contributed by atoms with E-state index in [4.69, 9.17) is 18.1 Å². The van der Waals surface area contributed by atoms with Gasteiger partial charge in [-0.1, -0.05) is 127 Å². The van der Waals surface area contributed by atoms with Crippen LogP contribution in [-0.4, -0.2) is 34.5 Å². The van der Waals surface area contributed by atoms with Crippen molar-refractivity contribution in [1.82, 2.24) is 9.34 Å². The maximum Gasteiger partial charge on any atom is 0.322 e. The number of hydrogen-bond acceptors (Lipinski definition) is 6. The van der Waals surface area contributed by atoms with E-state index in [1.54, 1.807) is 0 Å². The number of hydrogen-bond donors (Lipinski definition) is 0. The zero-order valence-electron chi connectivity index (χ0n) is 26.7. The standard InChI is InChI=1S/C40H38N2O4P2/c1-5-16-31(17-6-1)39(32-18-7-2-8-19-32)37-26-14-28-41(37)47(45-39)43-35-24-13-25-36(30-35)44-48-42-29-15-27-38(42)40(46-48,33-20-9-3-10-21-33)34-22-11-4-12-23-34/h1-13,16-25,30,37-38H,14-15,26-29H2/t37-,38-,47-,48+/m0/s1. The number of nitrogens with zero attached hydrogens (tertiary/aromatic N) is 2. The molecule has 0 aromatic heterocycles. The van der Waals surface area contributed by atoms with Crippen LogP contribution in [0.5, 0.6) is 11.5 Å². The number of fused-ring (bicyclic) bond motifs is 2. The van der Waals surface area contributed by atoms with Crippen LogP contribution in [0.1, 0.15) is 47.9 Å². The molecule has 242 valence electrons. The zero-order valence-corrected chi connectivity index (χ0v) is 28.5. The predicted molar refractivity (Wildman–Crippen MR) is 190 cm³/mol. The Morgan fingerprint density at radius 1 is 0.479 bits per heavy atom. The molecule has 4 aliphatic rings. The number of benzene rings is 5. The fraction of sp³-hybridized carbons (Fsp3) is 0.250. The van der Waals surface area contributed by atoms with Crippen molar-refractivity contribution in [2.75, 3.05) is 13.1 Å². The fourth-order valence-electron chi connectivity index (χ4n) is 8.16. The van der Waals surface area contributed by atoms with E-state index >= 15 is 0 Å². The lowest BCUT2D eigenvalue weighted by molar-refractivity contribution is 0.108. The van der Waals surface area contributed by atoms with Gasteiger partial charge >= 0.3 is 17.1 Å². The third kappa shape index (κ3) is 5.01. The number of rotatable bonds is 8. The summed E-state index contributed by atoms with van der Waals surface area (Å²) in [5.74, 6) is 1.48. The normalized spacial score (nSPS) is 25.8. The van der Waals surface area contributed by atoms with Crippen LogP contribution in [-0.2, 0) is 20.2 Å². The molecule has 0 amide bonds. The summed E-state index contributed by atoms with van der Waals surface area (Å²) in [5, 5.41) is 0. The van der Waals surface area contributed by atoms with E-state index in [2.05, 4.69) is 131 Å². The van der Waals surface area contributed by atoms with Crippen molar-refractivity contribution in [2.24, 2.45) is 0 Å². The highest BCUT2D eigenvalue weighted by Gasteiger charge is 2.60. The molecular formula is C40H38N2O4P2. The topological polar surface area (TPSA) is 43.4 Å². The van der Waals surface area contributed by atoms with Crippen LogP contribution in [0.25, 0.3) is 0 Å². The van der Waals surface area contributed by atoms with Gasteiger partial charge in [0.2, 0.25) is 0 Å². The molecule has 6 nitrogen and oxygen atoms in total. The molecule has 4 saturated heterocycles. The smallest absolute Gasteiger partial charge is 0.322 e. The van der Waals surface area contributed by atoms with Crippen molar-refractivity contribution in [3.05, 3.63) is 168 Å². The summed E-state index contributed by atoms with van der Waals surface area (Å²) in [6, 6.07) is 51.1. The second-order valence-corrected chi connectivity index (χ2v) is 15.6. The molecule has 9 rings (SSSR count). The van der Waals surface area contributed by atoms with E-state index < -0.39 is 28.3 Å². The molecular weight excluding hydrogens is 634 g/mol. The molecule has 0 N–H and O–H groups in total. The van der Waals surface area contributed by atoms with Crippen LogP contribution in [0, 0.1) is 0 Å². The molecule has 0 unspecified atom stereocenters. The van der Waals surface area contributed by atoms with Gasteiger partial charge in [0.1, 0.15) is 22.7 Å². The molecule has 0 saturated carbocycles. The Morgan fingerprint density at radius 2 is 0.833 bits per heavy atom. The van der Waals surface area contributed by atoms with E-state index in [0.29, 0.717) is 0 Å². The third-order valence-corrected chi connectivity index (χ3v) is 13.7. The summed E-state index contributed by atoms with van der Waals surface area (Å²) in [6.07, 6.45) is 4.34. The van der Waals surface area contributed by atoms with Gasteiger partial charge in [0.25, 0.3) is 0 Å². The minimum absolute atomic E-state index is 0.194. The van der Waals surface area contributed by atoms with Gasteiger partial charge in [-0.2, -0.15) is 0 Å². The summed E-state index contributed by atoms with van der Waals surface area (Å²) < 4.78 is 32.8. The fourth-order valence-corrected chi connectivity index (χ4v) is 12.0. The van der Waals surface area contributed by atoms with Gasteiger partial charge in [-0.05, 0) is 60.1 Å². The van der Waals surface area contributed by atoms with Crippen LogP contribution in [0.4, 0.5) is 0 Å². The van der Waals surface area contributed by atoms with Gasteiger partial charge in [0.15, 0.2) is 0 Å². The highest BCUT2D eigenvalue weighted by atomic mass is 31.2. The molecule has 4 aliphatic heterocycles. The monoisotopic (exact) mass is 672 g/mol. The van der Waals surface area contributed by atoms with Gasteiger partial charge in [-0.3, -0.25) is 9.05 Å². The van der Waals surface area contributed by atoms with Crippen molar-refractivity contribution in [3.63, 3.8) is 0 Å². The first kappa shape index (κ1) is 30.5. The first-order valence-electron chi connectivity index (χ1n) is 17.0. The maximum absolute atomic E-state index is 7.15. The Hall–Kier alpha value is -3.60. The highest BCUT2D eigenvalue weighted by molar-refractivity contribution is 7.45. The molecule has 0 aliphatic carbocycles. The van der Waals surface area contributed by atoms with E-state index in [0.717, 1.165) is 50.3 Å². The lowest BCUT2D eigenvalue weighted by Crippen LogP contribution is -2.40. The molecule has 0 spiro atoms. The Bertz CT molecular complexity index is 1640. The Labute approximate surface area is 285 Å². The highest BCUT2D eigenvalue weighted by Crippen LogP contribution is 2.66. The van der Waals surface area contributed by atoms with Gasteiger partial charge in [0, 0.05) is 19.2 Å². The van der Waals surface area contributed by atoms with E-state index in [1.165, 1.54) is 22.3 Å². The van der Waals surface area contributed by atoms with Crippen LogP contribution >= 0.6 is 17.1 Å². The summed E-state index contributed by atoms with van der Waals surface area (Å²) >= 11 is 0. The Morgan fingerprint density at radius 3 is 1.19 bits per heavy atom. The van der Waals surface area contributed by atoms with Gasteiger partial charge < -0.3 is 9.05 Å². The molecule has 0 bridgehead atoms. The summed E-state index contributed by atoms with van der Waals surface area (Å²) in [7, 11) is -2.74. The van der Waals surface area contributed by atoms with Crippen molar-refractivity contribution < 1.29 is 18.1 Å². The van der Waals surface area contributed by atoms with Crippen LogP contribution in [0.15, 0.2) is 146 Å². The minimum Gasteiger partial charge on any atom is -0.436 e. The van der Waals surface area contributed by atoms with Crippen molar-refractivity contribution >= 4 is 17.1 Å². The second-order valence-electron chi connectivity index (χ2n) is 12.9. The first-order valence-corrected chi connectivity index (χ1v) is 19.2. The SMILES string of the molecule is c1ccc(C2(c3ccccc3)O[P@@](Oc3cccc(O[P@@]4OC(c5ccccc5)(c5ccccc5)[C@@H]5CCCN54)c3)N3CCC[C@H]32)cc1. The van der Waals surface area contributed by atoms with Crippen LogP contribution < -0.4 is 9.05 Å². The van der Waals surface area contributed by atoms with Crippen LogP contribution in [0.2, 0.25) is 0 Å². The molecule has 5 aromatic carbocycles. The summed E-state index contributed by atoms with van der Waals surface area (Å²) in [5.41, 5.74) is 3.48. The largest absolute Gasteiger partial charge is 0.436 e. The molecule has 4 heterocycles. The molecule has 48 heavy (non-hydrogen) atoms. The van der Waals surface area contributed by atoms with Crippen LogP contribution in [0.3, 0.4) is 0 Å². The molecule has 4 fully saturated rings. The van der Waals surface area contributed by atoms with Crippen molar-refractivity contribution in [1.29, 1.82) is 0 Å². The van der Waals surface area contributed by atoms with E-state index in [-0.39, 0.29) is 12.1 Å². The first-order chi connectivity index (χ1) is 23.8. The Balaban J connectivity index is 1.01. The summed E-state index contributed by atoms with van der Waals surface area (Å²) in [4.78, 5) is 0. The minimum atomic E-state index is -1.37. The quantitative estimate of drug-likeness (QED) is 0.153. The molecule has 4 atom stereocenters. The predicted octanol–water partition coefficient (Wildman–Crippen LogP) is 9.77. The lowest BCUT2D eigenvalue weighted by Gasteiger charge is -2.34. The average Bonchev–Trinajstić information content (AvgIpc) is 3.95. The molecule has 0 radical (unpaired) electrons. The lowest BCUT2D eigenvalue weighted by atomic mass is 9.79.